The third kappa shape index (κ3) is 6.46. The molecule has 0 unspecified atom stereocenters. The van der Waals surface area contributed by atoms with Crippen molar-refractivity contribution in [3.8, 4) is 5.75 Å². The predicted octanol–water partition coefficient (Wildman–Crippen LogP) is 4.93. The summed E-state index contributed by atoms with van der Waals surface area (Å²) in [5, 5.41) is 3.40. The number of hydrogen-bond donors (Lipinski definition) is 1. The van der Waals surface area contributed by atoms with Gasteiger partial charge in [-0.2, -0.15) is 13.2 Å². The maximum Gasteiger partial charge on any atom is 0.451 e. The van der Waals surface area contributed by atoms with Crippen molar-refractivity contribution < 1.29 is 22.7 Å². The molecule has 0 spiro atoms. The summed E-state index contributed by atoms with van der Waals surface area (Å²) in [7, 11) is 0. The molecule has 10 heteroatoms. The number of nitrogens with zero attached hydrogens (tertiary/aromatic N) is 4. The molecule has 0 aliphatic carbocycles. The number of hydrogen-bond acceptors (Lipinski definition) is 6. The minimum absolute atomic E-state index is 0.0852. The van der Waals surface area contributed by atoms with E-state index in [4.69, 9.17) is 4.74 Å². The van der Waals surface area contributed by atoms with E-state index >= 15 is 0 Å². The zero-order chi connectivity index (χ0) is 27.3. The standard InChI is InChI=1S/C28H38F3N5O2/c1-4-11-32-12-6-15-38-25-10-9-23(19(2)20(25)3)24-8-5-7-22-18-35(13-14-36(22)24)26(37)21-16-33-27(34-17-21)28(29,30)31/h9-10,16-17,22,24,32H,4-8,11-15,18H2,1-3H3/t22-,24+/m0/s1. The molecule has 7 nitrogen and oxygen atoms in total. The van der Waals surface area contributed by atoms with Crippen molar-refractivity contribution in [3.05, 3.63) is 52.6 Å². The van der Waals surface area contributed by atoms with E-state index in [1.807, 2.05) is 0 Å². The minimum atomic E-state index is -4.63. The number of nitrogens with one attached hydrogen (secondary N) is 1. The Balaban J connectivity index is 1.39. The maximum absolute atomic E-state index is 13.0. The first-order valence-corrected chi connectivity index (χ1v) is 13.6. The van der Waals surface area contributed by atoms with E-state index in [1.54, 1.807) is 4.90 Å². The molecule has 2 aliphatic heterocycles. The zero-order valence-corrected chi connectivity index (χ0v) is 22.5. The van der Waals surface area contributed by atoms with E-state index < -0.39 is 12.0 Å². The first kappa shape index (κ1) is 28.3. The molecule has 1 aromatic heterocycles. The van der Waals surface area contributed by atoms with E-state index in [1.165, 1.54) is 16.7 Å². The third-order valence-electron chi connectivity index (χ3n) is 7.70. The summed E-state index contributed by atoms with van der Waals surface area (Å²) < 4.78 is 44.4. The third-order valence-corrected chi connectivity index (χ3v) is 7.70. The average Bonchev–Trinajstić information content (AvgIpc) is 2.91. The summed E-state index contributed by atoms with van der Waals surface area (Å²) in [6.45, 7) is 10.9. The Morgan fingerprint density at radius 3 is 2.58 bits per heavy atom. The topological polar surface area (TPSA) is 70.6 Å². The van der Waals surface area contributed by atoms with Gasteiger partial charge < -0.3 is 15.0 Å². The summed E-state index contributed by atoms with van der Waals surface area (Å²) in [6.07, 6.45) is 2.51. The van der Waals surface area contributed by atoms with Crippen LogP contribution in [0.3, 0.4) is 0 Å². The van der Waals surface area contributed by atoms with Crippen molar-refractivity contribution in [2.75, 3.05) is 39.3 Å². The van der Waals surface area contributed by atoms with Gasteiger partial charge in [-0.25, -0.2) is 9.97 Å². The van der Waals surface area contributed by atoms with Crippen LogP contribution in [0.25, 0.3) is 0 Å². The lowest BCUT2D eigenvalue weighted by molar-refractivity contribution is -0.145. The summed E-state index contributed by atoms with van der Waals surface area (Å²) in [6, 6.07) is 4.75. The van der Waals surface area contributed by atoms with Crippen LogP contribution in [-0.2, 0) is 6.18 Å². The molecular formula is C28H38F3N5O2. The molecule has 0 radical (unpaired) electrons. The first-order valence-electron chi connectivity index (χ1n) is 13.6. The smallest absolute Gasteiger partial charge is 0.451 e. The van der Waals surface area contributed by atoms with Crippen molar-refractivity contribution in [3.63, 3.8) is 0 Å². The highest BCUT2D eigenvalue weighted by atomic mass is 19.4. The monoisotopic (exact) mass is 533 g/mol. The SMILES string of the molecule is CCCNCCCOc1ccc([C@H]2CCC[C@H]3CN(C(=O)c4cnc(C(F)(F)F)nc4)CCN32)c(C)c1C. The molecular weight excluding hydrogens is 495 g/mol. The van der Waals surface area contributed by atoms with E-state index in [2.05, 4.69) is 53.1 Å². The molecule has 2 atom stereocenters. The van der Waals surface area contributed by atoms with Gasteiger partial charge in [0.25, 0.3) is 5.91 Å². The second-order valence-corrected chi connectivity index (χ2v) is 10.2. The molecule has 208 valence electrons. The van der Waals surface area contributed by atoms with E-state index in [0.29, 0.717) is 26.2 Å². The normalized spacial score (nSPS) is 20.3. The van der Waals surface area contributed by atoms with Crippen LogP contribution in [0.15, 0.2) is 24.5 Å². The fourth-order valence-corrected chi connectivity index (χ4v) is 5.55. The fourth-order valence-electron chi connectivity index (χ4n) is 5.55. The molecule has 0 bridgehead atoms. The number of fused-ring (bicyclic) bond motifs is 1. The van der Waals surface area contributed by atoms with Crippen molar-refractivity contribution in [2.45, 2.75) is 71.1 Å². The second kappa shape index (κ2) is 12.4. The predicted molar refractivity (Wildman–Crippen MR) is 139 cm³/mol. The van der Waals surface area contributed by atoms with Gasteiger partial charge in [-0.3, -0.25) is 9.69 Å². The van der Waals surface area contributed by atoms with Gasteiger partial charge in [-0.15, -0.1) is 0 Å². The Labute approximate surface area is 222 Å². The Kier molecular flexibility index (Phi) is 9.25. The van der Waals surface area contributed by atoms with Gasteiger partial charge in [0, 0.05) is 44.1 Å². The number of rotatable bonds is 9. The van der Waals surface area contributed by atoms with Crippen LogP contribution < -0.4 is 10.1 Å². The lowest BCUT2D eigenvalue weighted by Gasteiger charge is -2.48. The van der Waals surface area contributed by atoms with Gasteiger partial charge in [-0.1, -0.05) is 13.0 Å². The van der Waals surface area contributed by atoms with Crippen molar-refractivity contribution in [2.24, 2.45) is 0 Å². The number of aromatic nitrogens is 2. The number of piperidine rings is 1. The highest BCUT2D eigenvalue weighted by Gasteiger charge is 2.38. The molecule has 2 aliphatic rings. The van der Waals surface area contributed by atoms with Gasteiger partial charge in [0.05, 0.1) is 12.2 Å². The van der Waals surface area contributed by atoms with Gasteiger partial charge in [0.2, 0.25) is 5.82 Å². The van der Waals surface area contributed by atoms with Crippen molar-refractivity contribution >= 4 is 5.91 Å². The van der Waals surface area contributed by atoms with Crippen LogP contribution in [0.4, 0.5) is 13.2 Å². The molecule has 1 amide bonds. The van der Waals surface area contributed by atoms with Crippen LogP contribution in [0.2, 0.25) is 0 Å². The Bertz CT molecular complexity index is 1090. The highest BCUT2D eigenvalue weighted by Crippen LogP contribution is 2.39. The Hall–Kier alpha value is -2.72. The highest BCUT2D eigenvalue weighted by molar-refractivity contribution is 5.93. The van der Waals surface area contributed by atoms with Gasteiger partial charge >= 0.3 is 6.18 Å². The van der Waals surface area contributed by atoms with Gasteiger partial charge in [0.15, 0.2) is 0 Å². The molecule has 3 heterocycles. The van der Waals surface area contributed by atoms with Crippen molar-refractivity contribution in [1.29, 1.82) is 0 Å². The fraction of sp³-hybridized carbons (Fsp3) is 0.607. The van der Waals surface area contributed by atoms with Crippen molar-refractivity contribution in [1.82, 2.24) is 25.1 Å². The minimum Gasteiger partial charge on any atom is -0.493 e. The number of piperazine rings is 1. The Morgan fingerprint density at radius 1 is 1.11 bits per heavy atom. The molecule has 1 N–H and O–H groups in total. The molecule has 2 saturated heterocycles. The molecule has 2 fully saturated rings. The molecule has 4 rings (SSSR count). The van der Waals surface area contributed by atoms with Gasteiger partial charge in [-0.05, 0) is 81.8 Å². The van der Waals surface area contributed by atoms with Gasteiger partial charge in [0.1, 0.15) is 5.75 Å². The zero-order valence-electron chi connectivity index (χ0n) is 22.5. The number of ether oxygens (including phenoxy) is 1. The molecule has 1 aromatic carbocycles. The largest absolute Gasteiger partial charge is 0.493 e. The maximum atomic E-state index is 13.0. The Morgan fingerprint density at radius 2 is 1.87 bits per heavy atom. The summed E-state index contributed by atoms with van der Waals surface area (Å²) in [5.41, 5.74) is 3.81. The van der Waals surface area contributed by atoms with E-state index in [9.17, 15) is 18.0 Å². The second-order valence-electron chi connectivity index (χ2n) is 10.2. The number of halogens is 3. The summed E-state index contributed by atoms with van der Waals surface area (Å²) in [4.78, 5) is 23.9. The van der Waals surface area contributed by atoms with E-state index in [0.717, 1.165) is 63.3 Å². The van der Waals surface area contributed by atoms with Crippen LogP contribution in [0.5, 0.6) is 5.75 Å². The van der Waals surface area contributed by atoms with Crippen LogP contribution in [0, 0.1) is 13.8 Å². The summed E-state index contributed by atoms with van der Waals surface area (Å²) in [5.74, 6) is -0.623. The number of carbonyl (C=O) groups excluding carboxylic acids is 1. The van der Waals surface area contributed by atoms with E-state index in [-0.39, 0.29) is 23.6 Å². The first-order chi connectivity index (χ1) is 18.2. The number of benzene rings is 1. The van der Waals surface area contributed by atoms with Crippen LogP contribution >= 0.6 is 0 Å². The van der Waals surface area contributed by atoms with Crippen LogP contribution in [0.1, 0.15) is 77.9 Å². The molecule has 2 aromatic rings. The molecule has 38 heavy (non-hydrogen) atoms. The quantitative estimate of drug-likeness (QED) is 0.461. The lowest BCUT2D eigenvalue weighted by atomic mass is 9.86. The number of carbonyl (C=O) groups is 1. The summed E-state index contributed by atoms with van der Waals surface area (Å²) >= 11 is 0. The van der Waals surface area contributed by atoms with Crippen LogP contribution in [-0.4, -0.2) is 71.0 Å². The average molecular weight is 534 g/mol. The number of alkyl halides is 3. The molecule has 0 saturated carbocycles. The number of amides is 1. The lowest BCUT2D eigenvalue weighted by Crippen LogP contribution is -2.57.